The van der Waals surface area contributed by atoms with Crippen molar-refractivity contribution in [3.05, 3.63) is 17.7 Å². The van der Waals surface area contributed by atoms with Crippen LogP contribution < -0.4 is 14.8 Å². The first kappa shape index (κ1) is 14.7. The molecule has 1 amide bonds. The largest absolute Gasteiger partial charge is 0.492 e. The molecule has 1 aromatic rings. The zero-order valence-corrected chi connectivity index (χ0v) is 12.7. The fraction of sp³-hybridized carbons (Fsp3) is 0.562. The molecule has 110 valence electrons. The molecule has 0 aliphatic carbocycles. The Hall–Kier alpha value is -1.71. The second-order valence-corrected chi connectivity index (χ2v) is 5.67. The first-order chi connectivity index (χ1) is 9.49. The third-order valence-electron chi connectivity index (χ3n) is 3.17. The molecule has 2 rings (SSSR count). The molecule has 1 N–H and O–H groups in total. The molecule has 1 atom stereocenters. The van der Waals surface area contributed by atoms with Crippen LogP contribution in [0.1, 0.15) is 39.7 Å². The van der Waals surface area contributed by atoms with Gasteiger partial charge in [-0.3, -0.25) is 4.79 Å². The van der Waals surface area contributed by atoms with Gasteiger partial charge in [0.05, 0.1) is 12.3 Å². The lowest BCUT2D eigenvalue weighted by Gasteiger charge is -2.14. The number of carbonyl (C=O) groups is 1. The van der Waals surface area contributed by atoms with Gasteiger partial charge >= 0.3 is 0 Å². The number of nitrogens with one attached hydrogen (secondary N) is 1. The van der Waals surface area contributed by atoms with Crippen molar-refractivity contribution in [2.75, 3.05) is 11.9 Å². The fourth-order valence-corrected chi connectivity index (χ4v) is 2.38. The second-order valence-electron chi connectivity index (χ2n) is 5.67. The molecule has 0 radical (unpaired) electrons. The van der Waals surface area contributed by atoms with Crippen molar-refractivity contribution in [1.82, 2.24) is 0 Å². The van der Waals surface area contributed by atoms with Crippen LogP contribution in [0.4, 0.5) is 5.69 Å². The molecule has 0 bridgehead atoms. The molecule has 0 aromatic heterocycles. The molecule has 0 saturated heterocycles. The highest BCUT2D eigenvalue weighted by molar-refractivity contribution is 5.92. The van der Waals surface area contributed by atoms with Crippen LogP contribution in [0.25, 0.3) is 0 Å². The normalized spacial score (nSPS) is 16.8. The molecule has 0 spiro atoms. The zero-order valence-electron chi connectivity index (χ0n) is 12.7. The smallest absolute Gasteiger partial charge is 0.224 e. The Morgan fingerprint density at radius 2 is 2.25 bits per heavy atom. The Kier molecular flexibility index (Phi) is 4.53. The van der Waals surface area contributed by atoms with Gasteiger partial charge in [0.25, 0.3) is 0 Å². The summed E-state index contributed by atoms with van der Waals surface area (Å²) in [4.78, 5) is 11.9. The number of carbonyl (C=O) groups excluding carboxylic acids is 1. The van der Waals surface area contributed by atoms with Gasteiger partial charge in [0.2, 0.25) is 5.91 Å². The first-order valence-corrected chi connectivity index (χ1v) is 7.25. The predicted octanol–water partition coefficient (Wildman–Crippen LogP) is 3.39. The summed E-state index contributed by atoms with van der Waals surface area (Å²) in [6, 6.07) is 3.86. The van der Waals surface area contributed by atoms with Gasteiger partial charge in [-0.25, -0.2) is 0 Å². The van der Waals surface area contributed by atoms with Gasteiger partial charge in [-0.1, -0.05) is 13.8 Å². The standard InChI is InChI=1S/C16H23NO3/c1-5-19-15-8-12-7-11(4)20-14(12)9-13(15)17-16(18)6-10(2)3/h8-11H,5-7H2,1-4H3,(H,17,18)/t11-/m0/s1. The number of ether oxygens (including phenoxy) is 2. The lowest BCUT2D eigenvalue weighted by Crippen LogP contribution is -2.14. The monoisotopic (exact) mass is 277 g/mol. The van der Waals surface area contributed by atoms with Crippen molar-refractivity contribution < 1.29 is 14.3 Å². The number of hydrogen-bond acceptors (Lipinski definition) is 3. The van der Waals surface area contributed by atoms with Gasteiger partial charge in [-0.2, -0.15) is 0 Å². The van der Waals surface area contributed by atoms with Gasteiger partial charge in [-0.05, 0) is 25.8 Å². The molecule has 0 fully saturated rings. The Bertz CT molecular complexity index is 497. The lowest BCUT2D eigenvalue weighted by atomic mass is 10.1. The summed E-state index contributed by atoms with van der Waals surface area (Å²) in [7, 11) is 0. The van der Waals surface area contributed by atoms with Crippen molar-refractivity contribution in [3.63, 3.8) is 0 Å². The maximum absolute atomic E-state index is 11.9. The highest BCUT2D eigenvalue weighted by atomic mass is 16.5. The van der Waals surface area contributed by atoms with Gasteiger partial charge in [0, 0.05) is 24.5 Å². The van der Waals surface area contributed by atoms with Crippen LogP contribution in [0.15, 0.2) is 12.1 Å². The first-order valence-electron chi connectivity index (χ1n) is 7.25. The number of anilines is 1. The van der Waals surface area contributed by atoms with Crippen molar-refractivity contribution >= 4 is 11.6 Å². The molecule has 20 heavy (non-hydrogen) atoms. The second kappa shape index (κ2) is 6.16. The van der Waals surface area contributed by atoms with Crippen LogP contribution in [0, 0.1) is 5.92 Å². The minimum atomic E-state index is 0.00643. The number of rotatable bonds is 5. The summed E-state index contributed by atoms with van der Waals surface area (Å²) >= 11 is 0. The van der Waals surface area contributed by atoms with Crippen molar-refractivity contribution in [2.24, 2.45) is 5.92 Å². The molecular weight excluding hydrogens is 254 g/mol. The molecule has 1 aliphatic heterocycles. The fourth-order valence-electron chi connectivity index (χ4n) is 2.38. The number of fused-ring (bicyclic) bond motifs is 1. The maximum atomic E-state index is 11.9. The molecular formula is C16H23NO3. The van der Waals surface area contributed by atoms with Crippen LogP contribution in [0.3, 0.4) is 0 Å². The molecule has 1 aliphatic rings. The minimum Gasteiger partial charge on any atom is -0.492 e. The maximum Gasteiger partial charge on any atom is 0.224 e. The summed E-state index contributed by atoms with van der Waals surface area (Å²) in [6.07, 6.45) is 1.57. The van der Waals surface area contributed by atoms with Crippen molar-refractivity contribution in [3.8, 4) is 11.5 Å². The molecule has 4 nitrogen and oxygen atoms in total. The van der Waals surface area contributed by atoms with Crippen molar-refractivity contribution in [2.45, 2.75) is 46.6 Å². The minimum absolute atomic E-state index is 0.00643. The number of benzene rings is 1. The summed E-state index contributed by atoms with van der Waals surface area (Å²) in [5, 5.41) is 2.93. The highest BCUT2D eigenvalue weighted by Crippen LogP contribution is 2.38. The Labute approximate surface area is 120 Å². The Morgan fingerprint density at radius 1 is 1.50 bits per heavy atom. The predicted molar refractivity (Wildman–Crippen MR) is 79.5 cm³/mol. The van der Waals surface area contributed by atoms with Gasteiger partial charge in [0.15, 0.2) is 0 Å². The Balaban J connectivity index is 2.22. The SMILES string of the molecule is CCOc1cc2c(cc1NC(=O)CC(C)C)O[C@@H](C)C2. The third-order valence-corrected chi connectivity index (χ3v) is 3.17. The highest BCUT2D eigenvalue weighted by Gasteiger charge is 2.22. The molecule has 0 saturated carbocycles. The van der Waals surface area contributed by atoms with E-state index in [0.717, 1.165) is 23.5 Å². The molecule has 1 heterocycles. The van der Waals surface area contributed by atoms with E-state index in [1.165, 1.54) is 0 Å². The van der Waals surface area contributed by atoms with Crippen molar-refractivity contribution in [1.29, 1.82) is 0 Å². The summed E-state index contributed by atoms with van der Waals surface area (Å²) in [5.74, 6) is 1.91. The van der Waals surface area contributed by atoms with Gasteiger partial charge < -0.3 is 14.8 Å². The summed E-state index contributed by atoms with van der Waals surface area (Å²) in [6.45, 7) is 8.60. The molecule has 1 aromatic carbocycles. The topological polar surface area (TPSA) is 47.6 Å². The lowest BCUT2D eigenvalue weighted by molar-refractivity contribution is -0.116. The van der Waals surface area contributed by atoms with Crippen LogP contribution in [-0.2, 0) is 11.2 Å². The van der Waals surface area contributed by atoms with E-state index in [9.17, 15) is 4.79 Å². The van der Waals surface area contributed by atoms with Gasteiger partial charge in [0.1, 0.15) is 17.6 Å². The summed E-state index contributed by atoms with van der Waals surface area (Å²) < 4.78 is 11.4. The van der Waals surface area contributed by atoms with E-state index >= 15 is 0 Å². The Morgan fingerprint density at radius 3 is 2.90 bits per heavy atom. The zero-order chi connectivity index (χ0) is 14.7. The third kappa shape index (κ3) is 3.44. The number of amides is 1. The average Bonchev–Trinajstić information content (AvgIpc) is 2.68. The van der Waals surface area contributed by atoms with E-state index in [-0.39, 0.29) is 12.0 Å². The van der Waals surface area contributed by atoms with E-state index in [4.69, 9.17) is 9.47 Å². The van der Waals surface area contributed by atoms with E-state index in [2.05, 4.69) is 5.32 Å². The molecule has 4 heteroatoms. The summed E-state index contributed by atoms with van der Waals surface area (Å²) in [5.41, 5.74) is 1.84. The quantitative estimate of drug-likeness (QED) is 0.897. The molecule has 0 unspecified atom stereocenters. The average molecular weight is 277 g/mol. The van der Waals surface area contributed by atoms with Crippen LogP contribution in [0.2, 0.25) is 0 Å². The van der Waals surface area contributed by atoms with Crippen LogP contribution in [-0.4, -0.2) is 18.6 Å². The van der Waals surface area contributed by atoms with Crippen LogP contribution in [0.5, 0.6) is 11.5 Å². The van der Waals surface area contributed by atoms with E-state index in [0.29, 0.717) is 24.6 Å². The van der Waals surface area contributed by atoms with E-state index in [1.807, 2.05) is 39.8 Å². The number of hydrogen-bond donors (Lipinski definition) is 1. The van der Waals surface area contributed by atoms with E-state index < -0.39 is 0 Å². The van der Waals surface area contributed by atoms with E-state index in [1.54, 1.807) is 0 Å². The van der Waals surface area contributed by atoms with Crippen LogP contribution >= 0.6 is 0 Å². The van der Waals surface area contributed by atoms with Gasteiger partial charge in [-0.15, -0.1) is 0 Å².